The predicted molar refractivity (Wildman–Crippen MR) is 78.9 cm³/mol. The normalized spacial score (nSPS) is 15.7. The van der Waals surface area contributed by atoms with Crippen molar-refractivity contribution in [2.24, 2.45) is 11.7 Å². The first kappa shape index (κ1) is 17.8. The number of hydrogen-bond acceptors (Lipinski definition) is 4. The third-order valence-corrected chi connectivity index (χ3v) is 3.22. The molecule has 0 aliphatic carbocycles. The second-order valence-corrected chi connectivity index (χ2v) is 5.98. The molecule has 0 radical (unpaired) electrons. The minimum absolute atomic E-state index is 0.0592. The SMILES string of the molecule is CCOCC(C)(CN)N(CCN(C)C)CC(C)C. The van der Waals surface area contributed by atoms with Crippen LogP contribution in [-0.2, 0) is 4.74 Å². The Morgan fingerprint density at radius 3 is 2.22 bits per heavy atom. The van der Waals surface area contributed by atoms with Crippen LogP contribution in [0, 0.1) is 5.92 Å². The van der Waals surface area contributed by atoms with E-state index in [1.54, 1.807) is 0 Å². The lowest BCUT2D eigenvalue weighted by molar-refractivity contribution is 0.00185. The van der Waals surface area contributed by atoms with Crippen molar-refractivity contribution >= 4 is 0 Å². The summed E-state index contributed by atoms with van der Waals surface area (Å²) in [5.74, 6) is 0.639. The molecule has 0 aromatic rings. The summed E-state index contributed by atoms with van der Waals surface area (Å²) in [6.07, 6.45) is 0. The minimum atomic E-state index is -0.0592. The van der Waals surface area contributed by atoms with Crippen molar-refractivity contribution in [1.29, 1.82) is 0 Å². The summed E-state index contributed by atoms with van der Waals surface area (Å²) >= 11 is 0. The largest absolute Gasteiger partial charge is 0.380 e. The molecule has 0 bridgehead atoms. The molecule has 0 fully saturated rings. The van der Waals surface area contributed by atoms with Gasteiger partial charge in [0.1, 0.15) is 0 Å². The van der Waals surface area contributed by atoms with Crippen LogP contribution in [0.4, 0.5) is 0 Å². The van der Waals surface area contributed by atoms with Gasteiger partial charge in [-0.1, -0.05) is 13.8 Å². The number of rotatable bonds is 10. The number of likely N-dealkylation sites (N-methyl/N-ethyl adjacent to an activating group) is 1. The van der Waals surface area contributed by atoms with Gasteiger partial charge in [0.2, 0.25) is 0 Å². The van der Waals surface area contributed by atoms with Gasteiger partial charge in [0.15, 0.2) is 0 Å². The zero-order valence-electron chi connectivity index (χ0n) is 13.2. The van der Waals surface area contributed by atoms with E-state index in [2.05, 4.69) is 44.7 Å². The van der Waals surface area contributed by atoms with Gasteiger partial charge < -0.3 is 15.4 Å². The van der Waals surface area contributed by atoms with Gasteiger partial charge in [0, 0.05) is 32.8 Å². The molecule has 4 heteroatoms. The Morgan fingerprint density at radius 1 is 1.22 bits per heavy atom. The van der Waals surface area contributed by atoms with E-state index in [0.717, 1.165) is 26.2 Å². The second kappa shape index (κ2) is 8.86. The standard InChI is InChI=1S/C14H33N3O/c1-7-18-12-14(4,11-15)17(10-13(2)3)9-8-16(5)6/h13H,7-12,15H2,1-6H3. The minimum Gasteiger partial charge on any atom is -0.380 e. The van der Waals surface area contributed by atoms with Crippen LogP contribution in [0.25, 0.3) is 0 Å². The quantitative estimate of drug-likeness (QED) is 0.641. The molecule has 0 aliphatic rings. The molecule has 110 valence electrons. The highest BCUT2D eigenvalue weighted by molar-refractivity contribution is 4.88. The Kier molecular flexibility index (Phi) is 8.78. The summed E-state index contributed by atoms with van der Waals surface area (Å²) in [5, 5.41) is 0. The van der Waals surface area contributed by atoms with Crippen molar-refractivity contribution in [3.8, 4) is 0 Å². The van der Waals surface area contributed by atoms with Crippen molar-refractivity contribution in [2.45, 2.75) is 33.2 Å². The Balaban J connectivity index is 4.64. The third-order valence-electron chi connectivity index (χ3n) is 3.22. The van der Waals surface area contributed by atoms with Gasteiger partial charge in [-0.05, 0) is 33.9 Å². The van der Waals surface area contributed by atoms with Crippen molar-refractivity contribution in [1.82, 2.24) is 9.80 Å². The Morgan fingerprint density at radius 2 is 1.83 bits per heavy atom. The molecule has 2 N–H and O–H groups in total. The molecular formula is C14H33N3O. The van der Waals surface area contributed by atoms with E-state index in [1.165, 1.54) is 0 Å². The summed E-state index contributed by atoms with van der Waals surface area (Å²) < 4.78 is 5.62. The number of nitrogens with two attached hydrogens (primary N) is 1. The first-order valence-corrected chi connectivity index (χ1v) is 7.03. The number of nitrogens with zero attached hydrogens (tertiary/aromatic N) is 2. The van der Waals surface area contributed by atoms with Crippen LogP contribution in [0.5, 0.6) is 0 Å². The van der Waals surface area contributed by atoms with Gasteiger partial charge in [0.05, 0.1) is 12.1 Å². The molecule has 4 nitrogen and oxygen atoms in total. The summed E-state index contributed by atoms with van der Waals surface area (Å²) in [6.45, 7) is 14.0. The van der Waals surface area contributed by atoms with Crippen molar-refractivity contribution in [3.63, 3.8) is 0 Å². The van der Waals surface area contributed by atoms with Gasteiger partial charge in [-0.15, -0.1) is 0 Å². The highest BCUT2D eigenvalue weighted by Crippen LogP contribution is 2.16. The van der Waals surface area contributed by atoms with Crippen LogP contribution >= 0.6 is 0 Å². The molecule has 0 rings (SSSR count). The lowest BCUT2D eigenvalue weighted by Crippen LogP contribution is -2.57. The van der Waals surface area contributed by atoms with Gasteiger partial charge >= 0.3 is 0 Å². The molecular weight excluding hydrogens is 226 g/mol. The summed E-state index contributed by atoms with van der Waals surface area (Å²) in [7, 11) is 4.21. The van der Waals surface area contributed by atoms with E-state index < -0.39 is 0 Å². The highest BCUT2D eigenvalue weighted by atomic mass is 16.5. The van der Waals surface area contributed by atoms with E-state index in [-0.39, 0.29) is 5.54 Å². The van der Waals surface area contributed by atoms with E-state index in [9.17, 15) is 0 Å². The molecule has 1 atom stereocenters. The fraction of sp³-hybridized carbons (Fsp3) is 1.00. The molecule has 1 unspecified atom stereocenters. The molecule has 0 heterocycles. The summed E-state index contributed by atoms with van der Waals surface area (Å²) in [5.41, 5.74) is 5.94. The zero-order valence-corrected chi connectivity index (χ0v) is 13.2. The van der Waals surface area contributed by atoms with Crippen LogP contribution in [0.3, 0.4) is 0 Å². The molecule has 0 saturated heterocycles. The Bertz CT molecular complexity index is 209. The molecule has 0 spiro atoms. The lowest BCUT2D eigenvalue weighted by atomic mass is 9.99. The van der Waals surface area contributed by atoms with Crippen LogP contribution < -0.4 is 5.73 Å². The van der Waals surface area contributed by atoms with Crippen LogP contribution in [0.1, 0.15) is 27.7 Å². The molecule has 0 saturated carbocycles. The first-order chi connectivity index (χ1) is 8.35. The monoisotopic (exact) mass is 259 g/mol. The number of hydrogen-bond donors (Lipinski definition) is 1. The molecule has 0 amide bonds. The summed E-state index contributed by atoms with van der Waals surface area (Å²) in [4.78, 5) is 4.69. The molecule has 0 aliphatic heterocycles. The predicted octanol–water partition coefficient (Wildman–Crippen LogP) is 1.26. The molecule has 0 aromatic carbocycles. The third kappa shape index (κ3) is 6.69. The number of ether oxygens (including phenoxy) is 1. The maximum atomic E-state index is 6.00. The van der Waals surface area contributed by atoms with Crippen molar-refractivity contribution in [2.75, 3.05) is 53.5 Å². The second-order valence-electron chi connectivity index (χ2n) is 5.98. The highest BCUT2D eigenvalue weighted by Gasteiger charge is 2.30. The molecule has 18 heavy (non-hydrogen) atoms. The average Bonchev–Trinajstić information content (AvgIpc) is 2.30. The fourth-order valence-electron chi connectivity index (χ4n) is 1.94. The van der Waals surface area contributed by atoms with E-state index >= 15 is 0 Å². The lowest BCUT2D eigenvalue weighted by Gasteiger charge is -2.42. The van der Waals surface area contributed by atoms with Crippen molar-refractivity contribution in [3.05, 3.63) is 0 Å². The van der Waals surface area contributed by atoms with Crippen molar-refractivity contribution < 1.29 is 4.74 Å². The molecule has 0 aromatic heterocycles. The van der Waals surface area contributed by atoms with Gasteiger partial charge in [0.25, 0.3) is 0 Å². The summed E-state index contributed by atoms with van der Waals surface area (Å²) in [6, 6.07) is 0. The van der Waals surface area contributed by atoms with Crippen LogP contribution in [0.2, 0.25) is 0 Å². The zero-order chi connectivity index (χ0) is 14.2. The topological polar surface area (TPSA) is 41.7 Å². The van der Waals surface area contributed by atoms with E-state index in [4.69, 9.17) is 10.5 Å². The first-order valence-electron chi connectivity index (χ1n) is 7.03. The fourth-order valence-corrected chi connectivity index (χ4v) is 1.94. The maximum absolute atomic E-state index is 6.00. The Labute approximate surface area is 113 Å². The van der Waals surface area contributed by atoms with E-state index in [1.807, 2.05) is 6.92 Å². The smallest absolute Gasteiger partial charge is 0.0659 e. The maximum Gasteiger partial charge on any atom is 0.0659 e. The van der Waals surface area contributed by atoms with Crippen LogP contribution in [0.15, 0.2) is 0 Å². The van der Waals surface area contributed by atoms with Gasteiger partial charge in [-0.2, -0.15) is 0 Å². The van der Waals surface area contributed by atoms with E-state index in [0.29, 0.717) is 19.1 Å². The van der Waals surface area contributed by atoms with Gasteiger partial charge in [-0.25, -0.2) is 0 Å². The van der Waals surface area contributed by atoms with Gasteiger partial charge in [-0.3, -0.25) is 4.90 Å². The average molecular weight is 259 g/mol. The van der Waals surface area contributed by atoms with Crippen LogP contribution in [-0.4, -0.2) is 68.8 Å². The Hall–Kier alpha value is -0.160.